The van der Waals surface area contributed by atoms with Crippen LogP contribution in [0.4, 0.5) is 4.39 Å². The minimum atomic E-state index is -0.222. The molecule has 4 heteroatoms. The average molecular weight is 368 g/mol. The van der Waals surface area contributed by atoms with Gasteiger partial charge in [-0.3, -0.25) is 9.69 Å². The van der Waals surface area contributed by atoms with Crippen molar-refractivity contribution in [2.45, 2.75) is 46.2 Å². The van der Waals surface area contributed by atoms with Gasteiger partial charge >= 0.3 is 0 Å². The molecule has 1 unspecified atom stereocenters. The molecule has 3 nitrogen and oxygen atoms in total. The number of hydrogen-bond donors (Lipinski definition) is 1. The van der Waals surface area contributed by atoms with E-state index in [2.05, 4.69) is 48.3 Å². The van der Waals surface area contributed by atoms with Gasteiger partial charge in [-0.15, -0.1) is 0 Å². The molecule has 0 aliphatic carbocycles. The quantitative estimate of drug-likeness (QED) is 0.841. The Bertz CT molecular complexity index is 797. The highest BCUT2D eigenvalue weighted by Crippen LogP contribution is 2.28. The van der Waals surface area contributed by atoms with Crippen LogP contribution in [0.2, 0.25) is 0 Å². The lowest BCUT2D eigenvalue weighted by molar-refractivity contribution is -0.126. The molecule has 0 aromatic heterocycles. The topological polar surface area (TPSA) is 32.3 Å². The van der Waals surface area contributed by atoms with Crippen LogP contribution in [0.25, 0.3) is 0 Å². The lowest BCUT2D eigenvalue weighted by Crippen LogP contribution is -2.41. The molecule has 1 saturated heterocycles. The molecule has 1 N–H and O–H groups in total. The van der Waals surface area contributed by atoms with E-state index in [4.69, 9.17) is 0 Å². The van der Waals surface area contributed by atoms with Crippen molar-refractivity contribution in [1.29, 1.82) is 0 Å². The normalized spacial score (nSPS) is 16.9. The van der Waals surface area contributed by atoms with E-state index in [0.717, 1.165) is 31.5 Å². The van der Waals surface area contributed by atoms with E-state index in [1.165, 1.54) is 17.2 Å². The molecule has 1 aliphatic rings. The minimum absolute atomic E-state index is 0.0422. The van der Waals surface area contributed by atoms with Crippen molar-refractivity contribution in [3.8, 4) is 0 Å². The summed E-state index contributed by atoms with van der Waals surface area (Å²) >= 11 is 0. The third-order valence-corrected chi connectivity index (χ3v) is 5.79. The van der Waals surface area contributed by atoms with Crippen LogP contribution in [-0.4, -0.2) is 23.9 Å². The molecule has 1 fully saturated rings. The number of piperidine rings is 1. The molecular formula is C23H29FN2O. The van der Waals surface area contributed by atoms with Gasteiger partial charge in [0.15, 0.2) is 0 Å². The summed E-state index contributed by atoms with van der Waals surface area (Å²) in [5.74, 6) is -0.0972. The first-order valence-corrected chi connectivity index (χ1v) is 9.78. The molecule has 1 aliphatic heterocycles. The summed E-state index contributed by atoms with van der Waals surface area (Å²) in [7, 11) is 0. The van der Waals surface area contributed by atoms with E-state index in [1.807, 2.05) is 6.07 Å². The van der Waals surface area contributed by atoms with E-state index in [1.54, 1.807) is 13.0 Å². The summed E-state index contributed by atoms with van der Waals surface area (Å²) in [6.07, 6.45) is 1.73. The second kappa shape index (κ2) is 8.66. The van der Waals surface area contributed by atoms with Crippen LogP contribution in [0.15, 0.2) is 42.5 Å². The first-order chi connectivity index (χ1) is 13.0. The number of amides is 1. The molecule has 0 bridgehead atoms. The van der Waals surface area contributed by atoms with Gasteiger partial charge in [-0.05, 0) is 75.0 Å². The molecule has 0 spiro atoms. The van der Waals surface area contributed by atoms with Crippen LogP contribution in [0.1, 0.15) is 48.1 Å². The van der Waals surface area contributed by atoms with Crippen molar-refractivity contribution in [2.24, 2.45) is 5.92 Å². The highest BCUT2D eigenvalue weighted by molar-refractivity contribution is 5.78. The van der Waals surface area contributed by atoms with Crippen LogP contribution in [0.3, 0.4) is 0 Å². The molecular weight excluding hydrogens is 339 g/mol. The lowest BCUT2D eigenvalue weighted by atomic mass is 9.93. The van der Waals surface area contributed by atoms with Crippen LogP contribution < -0.4 is 5.32 Å². The first-order valence-electron chi connectivity index (χ1n) is 9.78. The molecule has 2 aromatic carbocycles. The average Bonchev–Trinajstić information content (AvgIpc) is 2.68. The highest BCUT2D eigenvalue weighted by Gasteiger charge is 2.27. The van der Waals surface area contributed by atoms with Gasteiger partial charge in [0.25, 0.3) is 0 Å². The summed E-state index contributed by atoms with van der Waals surface area (Å²) in [5, 5.41) is 2.98. The number of carbonyl (C=O) groups excluding carboxylic acids is 1. The predicted molar refractivity (Wildman–Crippen MR) is 107 cm³/mol. The monoisotopic (exact) mass is 368 g/mol. The van der Waals surface area contributed by atoms with Gasteiger partial charge in [0, 0.05) is 18.5 Å². The van der Waals surface area contributed by atoms with Crippen molar-refractivity contribution in [1.82, 2.24) is 10.2 Å². The molecule has 3 rings (SSSR count). The van der Waals surface area contributed by atoms with Crippen LogP contribution in [0, 0.1) is 25.6 Å². The second-order valence-corrected chi connectivity index (χ2v) is 7.64. The van der Waals surface area contributed by atoms with Gasteiger partial charge in [0.1, 0.15) is 5.82 Å². The fourth-order valence-corrected chi connectivity index (χ4v) is 3.88. The number of aryl methyl sites for hydroxylation is 2. The van der Waals surface area contributed by atoms with E-state index in [0.29, 0.717) is 18.2 Å². The zero-order chi connectivity index (χ0) is 19.4. The van der Waals surface area contributed by atoms with Crippen molar-refractivity contribution in [2.75, 3.05) is 13.1 Å². The molecule has 1 atom stereocenters. The lowest BCUT2D eigenvalue weighted by Gasteiger charge is -2.36. The standard InChI is InChI=1S/C23H29FN2O/c1-16-6-4-5-7-21(16)18(3)26-12-10-20(11-13-26)23(27)25-15-19-9-8-17(2)22(24)14-19/h4-9,14,18,20H,10-13,15H2,1-3H3,(H,25,27). The summed E-state index contributed by atoms with van der Waals surface area (Å²) in [6, 6.07) is 14.0. The first kappa shape index (κ1) is 19.6. The number of likely N-dealkylation sites (tertiary alicyclic amines) is 1. The SMILES string of the molecule is Cc1ccc(CNC(=O)C2CCN(C(C)c3ccccc3C)CC2)cc1F. The summed E-state index contributed by atoms with van der Waals surface area (Å²) in [6.45, 7) is 8.37. The Morgan fingerprint density at radius 1 is 1.15 bits per heavy atom. The predicted octanol–water partition coefficient (Wildman–Crippen LogP) is 4.53. The maximum absolute atomic E-state index is 13.6. The van der Waals surface area contributed by atoms with Crippen LogP contribution in [0.5, 0.6) is 0 Å². The van der Waals surface area contributed by atoms with Crippen molar-refractivity contribution in [3.05, 3.63) is 70.5 Å². The van der Waals surface area contributed by atoms with Crippen LogP contribution in [-0.2, 0) is 11.3 Å². The summed E-state index contributed by atoms with van der Waals surface area (Å²) < 4.78 is 13.6. The van der Waals surface area contributed by atoms with Crippen molar-refractivity contribution in [3.63, 3.8) is 0 Å². The Hall–Kier alpha value is -2.20. The fourth-order valence-electron chi connectivity index (χ4n) is 3.88. The number of nitrogens with zero attached hydrogens (tertiary/aromatic N) is 1. The summed E-state index contributed by atoms with van der Waals surface area (Å²) in [4.78, 5) is 15.0. The fraction of sp³-hybridized carbons (Fsp3) is 0.435. The number of carbonyl (C=O) groups is 1. The number of benzene rings is 2. The van der Waals surface area contributed by atoms with Gasteiger partial charge in [-0.2, -0.15) is 0 Å². The van der Waals surface area contributed by atoms with Gasteiger partial charge in [0.2, 0.25) is 5.91 Å². The van der Waals surface area contributed by atoms with Gasteiger partial charge < -0.3 is 5.32 Å². The molecule has 144 valence electrons. The minimum Gasteiger partial charge on any atom is -0.352 e. The Labute approximate surface area is 161 Å². The van der Waals surface area contributed by atoms with Gasteiger partial charge in [-0.1, -0.05) is 36.4 Å². The largest absolute Gasteiger partial charge is 0.352 e. The second-order valence-electron chi connectivity index (χ2n) is 7.64. The Balaban J connectivity index is 1.50. The van der Waals surface area contributed by atoms with E-state index in [9.17, 15) is 9.18 Å². The highest BCUT2D eigenvalue weighted by atomic mass is 19.1. The number of halogens is 1. The molecule has 27 heavy (non-hydrogen) atoms. The third kappa shape index (κ3) is 4.75. The van der Waals surface area contributed by atoms with E-state index in [-0.39, 0.29) is 17.6 Å². The molecule has 0 saturated carbocycles. The van der Waals surface area contributed by atoms with E-state index >= 15 is 0 Å². The Morgan fingerprint density at radius 2 is 1.85 bits per heavy atom. The maximum Gasteiger partial charge on any atom is 0.223 e. The van der Waals surface area contributed by atoms with Gasteiger partial charge in [0.05, 0.1) is 0 Å². The Kier molecular flexibility index (Phi) is 6.27. The summed E-state index contributed by atoms with van der Waals surface area (Å²) in [5.41, 5.74) is 4.11. The molecule has 2 aromatic rings. The maximum atomic E-state index is 13.6. The zero-order valence-electron chi connectivity index (χ0n) is 16.5. The number of hydrogen-bond acceptors (Lipinski definition) is 2. The zero-order valence-corrected chi connectivity index (χ0v) is 16.5. The Morgan fingerprint density at radius 3 is 2.52 bits per heavy atom. The van der Waals surface area contributed by atoms with Crippen molar-refractivity contribution < 1.29 is 9.18 Å². The van der Waals surface area contributed by atoms with E-state index < -0.39 is 0 Å². The third-order valence-electron chi connectivity index (χ3n) is 5.79. The molecule has 0 radical (unpaired) electrons. The number of rotatable bonds is 5. The number of nitrogens with one attached hydrogen (secondary N) is 1. The van der Waals surface area contributed by atoms with Crippen LogP contribution >= 0.6 is 0 Å². The smallest absolute Gasteiger partial charge is 0.223 e. The van der Waals surface area contributed by atoms with Crippen molar-refractivity contribution >= 4 is 5.91 Å². The molecule has 1 amide bonds. The molecule has 1 heterocycles. The van der Waals surface area contributed by atoms with Gasteiger partial charge in [-0.25, -0.2) is 4.39 Å².